The minimum absolute atomic E-state index is 0.00661. The van der Waals surface area contributed by atoms with E-state index < -0.39 is 28.3 Å². The molecule has 8 nitrogen and oxygen atoms in total. The number of carbonyl (C=O) groups is 3. The highest BCUT2D eigenvalue weighted by Crippen LogP contribution is 2.21. The fraction of sp³-hybridized carbons (Fsp3) is 0.438. The van der Waals surface area contributed by atoms with Crippen LogP contribution in [0.5, 0.6) is 0 Å². The number of esters is 1. The highest BCUT2D eigenvalue weighted by molar-refractivity contribution is 7.91. The highest BCUT2D eigenvalue weighted by atomic mass is 32.2. The van der Waals surface area contributed by atoms with Crippen LogP contribution in [0.15, 0.2) is 24.3 Å². The molecule has 0 radical (unpaired) electrons. The fourth-order valence-electron chi connectivity index (χ4n) is 2.52. The Balaban J connectivity index is 1.75. The molecule has 0 bridgehead atoms. The summed E-state index contributed by atoms with van der Waals surface area (Å²) in [6.07, 6.45) is 0.439. The molecule has 2 rings (SSSR count). The van der Waals surface area contributed by atoms with Gasteiger partial charge in [0.25, 0.3) is 11.8 Å². The molecule has 2 N–H and O–H groups in total. The molecule has 1 heterocycles. The third-order valence-electron chi connectivity index (χ3n) is 3.80. The van der Waals surface area contributed by atoms with Crippen molar-refractivity contribution in [1.82, 2.24) is 5.32 Å². The SMILES string of the molecule is CNC(=O)c1ccc(NC(=O)COC(=O)C[C@@H]2CCS(=O)(=O)C2)cc1. The summed E-state index contributed by atoms with van der Waals surface area (Å²) in [5, 5.41) is 5.03. The number of hydrogen-bond acceptors (Lipinski definition) is 6. The lowest BCUT2D eigenvalue weighted by Gasteiger charge is -2.09. The Labute approximate surface area is 145 Å². The minimum Gasteiger partial charge on any atom is -0.456 e. The van der Waals surface area contributed by atoms with Gasteiger partial charge in [0, 0.05) is 24.7 Å². The van der Waals surface area contributed by atoms with E-state index in [0.29, 0.717) is 17.7 Å². The van der Waals surface area contributed by atoms with Gasteiger partial charge in [0.2, 0.25) is 0 Å². The normalized spacial score (nSPS) is 18.4. The Morgan fingerprint density at radius 1 is 1.20 bits per heavy atom. The van der Waals surface area contributed by atoms with Crippen LogP contribution in [0, 0.1) is 5.92 Å². The second-order valence-corrected chi connectivity index (χ2v) is 8.07. The van der Waals surface area contributed by atoms with E-state index in [9.17, 15) is 22.8 Å². The molecule has 9 heteroatoms. The molecule has 1 saturated heterocycles. The lowest BCUT2D eigenvalue weighted by Crippen LogP contribution is -2.22. The van der Waals surface area contributed by atoms with Crippen molar-refractivity contribution in [3.63, 3.8) is 0 Å². The van der Waals surface area contributed by atoms with Gasteiger partial charge in [0.15, 0.2) is 16.4 Å². The molecule has 0 unspecified atom stereocenters. The Bertz CT molecular complexity index is 757. The minimum atomic E-state index is -3.04. The first-order chi connectivity index (χ1) is 11.8. The summed E-state index contributed by atoms with van der Waals surface area (Å²) in [4.78, 5) is 34.9. The summed E-state index contributed by atoms with van der Waals surface area (Å²) >= 11 is 0. The lowest BCUT2D eigenvalue weighted by molar-refractivity contribution is -0.148. The molecule has 0 saturated carbocycles. The highest BCUT2D eigenvalue weighted by Gasteiger charge is 2.29. The molecule has 136 valence electrons. The van der Waals surface area contributed by atoms with Crippen molar-refractivity contribution in [2.24, 2.45) is 5.92 Å². The van der Waals surface area contributed by atoms with E-state index in [4.69, 9.17) is 4.74 Å². The van der Waals surface area contributed by atoms with Crippen molar-refractivity contribution in [3.8, 4) is 0 Å². The zero-order valence-corrected chi connectivity index (χ0v) is 14.6. The molecule has 1 fully saturated rings. The van der Waals surface area contributed by atoms with Crippen LogP contribution in [0.1, 0.15) is 23.2 Å². The first-order valence-electron chi connectivity index (χ1n) is 7.77. The first kappa shape index (κ1) is 18.9. The predicted molar refractivity (Wildman–Crippen MR) is 90.8 cm³/mol. The molecule has 2 amide bonds. The van der Waals surface area contributed by atoms with Crippen LogP contribution in [-0.4, -0.2) is 51.4 Å². The van der Waals surface area contributed by atoms with Crippen LogP contribution in [0.3, 0.4) is 0 Å². The zero-order valence-electron chi connectivity index (χ0n) is 13.8. The van der Waals surface area contributed by atoms with Crippen molar-refractivity contribution < 1.29 is 27.5 Å². The topological polar surface area (TPSA) is 119 Å². The van der Waals surface area contributed by atoms with Crippen molar-refractivity contribution in [1.29, 1.82) is 0 Å². The summed E-state index contributed by atoms with van der Waals surface area (Å²) in [6, 6.07) is 6.24. The van der Waals surface area contributed by atoms with Crippen LogP contribution < -0.4 is 10.6 Å². The summed E-state index contributed by atoms with van der Waals surface area (Å²) < 4.78 is 27.5. The molecule has 0 spiro atoms. The molecule has 1 aromatic rings. The Morgan fingerprint density at radius 3 is 2.44 bits per heavy atom. The van der Waals surface area contributed by atoms with Crippen LogP contribution in [-0.2, 0) is 24.2 Å². The molecular formula is C16H20N2O6S. The smallest absolute Gasteiger partial charge is 0.306 e. The quantitative estimate of drug-likeness (QED) is 0.700. The second kappa shape index (κ2) is 8.11. The summed E-state index contributed by atoms with van der Waals surface area (Å²) in [6.45, 7) is -0.449. The Morgan fingerprint density at radius 2 is 1.88 bits per heavy atom. The van der Waals surface area contributed by atoms with Gasteiger partial charge in [-0.25, -0.2) is 8.42 Å². The van der Waals surface area contributed by atoms with Gasteiger partial charge in [-0.3, -0.25) is 14.4 Å². The molecule has 1 aromatic carbocycles. The molecule has 0 aromatic heterocycles. The van der Waals surface area contributed by atoms with Crippen molar-refractivity contribution in [2.45, 2.75) is 12.8 Å². The average molecular weight is 368 g/mol. The standard InChI is InChI=1S/C16H20N2O6S/c1-17-16(21)12-2-4-13(5-3-12)18-14(19)9-24-15(20)8-11-6-7-25(22,23)10-11/h2-5,11H,6-10H2,1H3,(H,17,21)(H,18,19)/t11-/m0/s1. The number of hydrogen-bond donors (Lipinski definition) is 2. The first-order valence-corrected chi connectivity index (χ1v) is 9.59. The number of carbonyl (C=O) groups excluding carboxylic acids is 3. The monoisotopic (exact) mass is 368 g/mol. The maximum Gasteiger partial charge on any atom is 0.306 e. The van der Waals surface area contributed by atoms with Crippen LogP contribution in [0.25, 0.3) is 0 Å². The third-order valence-corrected chi connectivity index (χ3v) is 5.64. The predicted octanol–water partition coefficient (Wildman–Crippen LogP) is 0.353. The van der Waals surface area contributed by atoms with E-state index in [1.54, 1.807) is 24.3 Å². The van der Waals surface area contributed by atoms with E-state index in [0.717, 1.165) is 0 Å². The van der Waals surface area contributed by atoms with E-state index >= 15 is 0 Å². The Hall–Kier alpha value is -2.42. The van der Waals surface area contributed by atoms with E-state index in [-0.39, 0.29) is 29.8 Å². The van der Waals surface area contributed by atoms with Gasteiger partial charge in [0.05, 0.1) is 11.5 Å². The molecule has 0 aliphatic carbocycles. The number of rotatable bonds is 6. The van der Waals surface area contributed by atoms with Gasteiger partial charge < -0.3 is 15.4 Å². The maximum absolute atomic E-state index is 11.8. The van der Waals surface area contributed by atoms with Gasteiger partial charge >= 0.3 is 5.97 Å². The van der Waals surface area contributed by atoms with Crippen molar-refractivity contribution >= 4 is 33.3 Å². The van der Waals surface area contributed by atoms with Gasteiger partial charge in [0.1, 0.15) is 0 Å². The number of sulfone groups is 1. The molecule has 1 aliphatic heterocycles. The second-order valence-electron chi connectivity index (χ2n) is 5.84. The number of amides is 2. The largest absolute Gasteiger partial charge is 0.456 e. The van der Waals surface area contributed by atoms with Crippen LogP contribution >= 0.6 is 0 Å². The molecule has 25 heavy (non-hydrogen) atoms. The number of nitrogens with one attached hydrogen (secondary N) is 2. The molecular weight excluding hydrogens is 348 g/mol. The van der Waals surface area contributed by atoms with E-state index in [1.165, 1.54) is 7.05 Å². The van der Waals surface area contributed by atoms with E-state index in [2.05, 4.69) is 10.6 Å². The summed E-state index contributed by atoms with van der Waals surface area (Å²) in [5.41, 5.74) is 0.925. The van der Waals surface area contributed by atoms with Crippen LogP contribution in [0.2, 0.25) is 0 Å². The van der Waals surface area contributed by atoms with Crippen molar-refractivity contribution in [3.05, 3.63) is 29.8 Å². The average Bonchev–Trinajstić information content (AvgIpc) is 2.91. The summed E-state index contributed by atoms with van der Waals surface area (Å²) in [7, 11) is -1.52. The van der Waals surface area contributed by atoms with E-state index in [1.807, 2.05) is 0 Å². The van der Waals surface area contributed by atoms with Crippen molar-refractivity contribution in [2.75, 3.05) is 30.5 Å². The number of benzene rings is 1. The number of anilines is 1. The molecule has 1 aliphatic rings. The Kier molecular flexibility index (Phi) is 6.13. The zero-order chi connectivity index (χ0) is 18.4. The maximum atomic E-state index is 11.8. The number of ether oxygens (including phenoxy) is 1. The van der Waals surface area contributed by atoms with Gasteiger partial charge in [-0.2, -0.15) is 0 Å². The van der Waals surface area contributed by atoms with Gasteiger partial charge in [-0.1, -0.05) is 0 Å². The summed E-state index contributed by atoms with van der Waals surface area (Å²) in [5.74, 6) is -1.49. The van der Waals surface area contributed by atoms with Gasteiger partial charge in [-0.15, -0.1) is 0 Å². The van der Waals surface area contributed by atoms with Crippen LogP contribution in [0.4, 0.5) is 5.69 Å². The van der Waals surface area contributed by atoms with Gasteiger partial charge in [-0.05, 0) is 36.6 Å². The fourth-order valence-corrected chi connectivity index (χ4v) is 4.38. The molecule has 1 atom stereocenters. The lowest BCUT2D eigenvalue weighted by atomic mass is 10.1. The third kappa shape index (κ3) is 5.86.